The predicted octanol–water partition coefficient (Wildman–Crippen LogP) is 3.59. The van der Waals surface area contributed by atoms with Crippen molar-refractivity contribution < 1.29 is 9.47 Å². The Morgan fingerprint density at radius 2 is 1.70 bits per heavy atom. The van der Waals surface area contributed by atoms with Gasteiger partial charge in [0.05, 0.1) is 5.60 Å². The minimum atomic E-state index is 0.0801. The monoisotopic (exact) mass is 279 g/mol. The van der Waals surface area contributed by atoms with E-state index in [0.717, 1.165) is 44.8 Å². The molecule has 3 heteroatoms. The maximum absolute atomic E-state index is 5.71. The van der Waals surface area contributed by atoms with Gasteiger partial charge in [-0.15, -0.1) is 0 Å². The van der Waals surface area contributed by atoms with Crippen LogP contribution in [0.25, 0.3) is 0 Å². The number of piperidine rings is 1. The fourth-order valence-electron chi connectivity index (χ4n) is 2.26. The Labute approximate surface area is 123 Å². The van der Waals surface area contributed by atoms with Gasteiger partial charge in [0.2, 0.25) is 0 Å². The number of para-hydroxylation sites is 1. The Morgan fingerprint density at radius 1 is 1.10 bits per heavy atom. The molecule has 0 N–H and O–H groups in total. The highest BCUT2D eigenvalue weighted by molar-refractivity contribution is 5.20. The Bertz CT molecular complexity index is 345. The van der Waals surface area contributed by atoms with Crippen LogP contribution < -0.4 is 4.74 Å². The van der Waals surface area contributed by atoms with Crippen LogP contribution in [0.3, 0.4) is 0 Å². The van der Waals surface area contributed by atoms with Crippen LogP contribution in [0.1, 0.15) is 33.6 Å². The first-order chi connectivity index (χ1) is 9.72. The summed E-state index contributed by atoms with van der Waals surface area (Å²) < 4.78 is 11.3. The average molecular weight is 279 g/mol. The summed E-state index contributed by atoms with van der Waals surface area (Å²) in [4.78, 5) is 2.45. The lowest BCUT2D eigenvalue weighted by molar-refractivity contribution is -0.0439. The Balaban J connectivity index is 0.000000956. The molecule has 1 aromatic rings. The third-order valence-corrected chi connectivity index (χ3v) is 3.83. The molecule has 114 valence electrons. The lowest BCUT2D eigenvalue weighted by atomic mass is 9.93. The van der Waals surface area contributed by atoms with Crippen molar-refractivity contribution in [2.75, 3.05) is 33.4 Å². The van der Waals surface area contributed by atoms with Crippen LogP contribution in [-0.2, 0) is 4.74 Å². The maximum atomic E-state index is 5.71. The number of ether oxygens (including phenoxy) is 2. The molecule has 0 aromatic heterocycles. The van der Waals surface area contributed by atoms with E-state index in [1.54, 1.807) is 0 Å². The van der Waals surface area contributed by atoms with E-state index in [1.165, 1.54) is 0 Å². The van der Waals surface area contributed by atoms with Gasteiger partial charge in [0.25, 0.3) is 0 Å². The van der Waals surface area contributed by atoms with Gasteiger partial charge in [0.1, 0.15) is 12.4 Å². The van der Waals surface area contributed by atoms with Gasteiger partial charge in [-0.3, -0.25) is 4.90 Å². The fraction of sp³-hybridized carbons (Fsp3) is 0.647. The van der Waals surface area contributed by atoms with Gasteiger partial charge in [-0.05, 0) is 31.9 Å². The first kappa shape index (κ1) is 17.0. The standard InChI is InChI=1S/C15H23NO2.C2H6/c1-15(17-2)8-10-16(11-9-15)12-13-18-14-6-4-3-5-7-14;1-2/h3-7H,8-13H2,1-2H3;1-2H3. The van der Waals surface area contributed by atoms with Crippen LogP contribution >= 0.6 is 0 Å². The zero-order valence-corrected chi connectivity index (χ0v) is 13.4. The lowest BCUT2D eigenvalue weighted by Gasteiger charge is -2.38. The van der Waals surface area contributed by atoms with Crippen molar-refractivity contribution in [3.8, 4) is 5.75 Å². The predicted molar refractivity (Wildman–Crippen MR) is 84.4 cm³/mol. The van der Waals surface area contributed by atoms with E-state index in [9.17, 15) is 0 Å². The van der Waals surface area contributed by atoms with Gasteiger partial charge >= 0.3 is 0 Å². The van der Waals surface area contributed by atoms with Crippen LogP contribution in [0, 0.1) is 0 Å². The molecule has 1 saturated heterocycles. The molecule has 20 heavy (non-hydrogen) atoms. The van der Waals surface area contributed by atoms with Gasteiger partial charge < -0.3 is 9.47 Å². The molecule has 3 nitrogen and oxygen atoms in total. The number of methoxy groups -OCH3 is 1. The molecule has 1 fully saturated rings. The minimum Gasteiger partial charge on any atom is -0.492 e. The zero-order chi connectivity index (χ0) is 14.8. The van der Waals surface area contributed by atoms with Gasteiger partial charge in [-0.2, -0.15) is 0 Å². The molecular weight excluding hydrogens is 250 g/mol. The molecule has 0 spiro atoms. The highest BCUT2D eigenvalue weighted by Gasteiger charge is 2.29. The zero-order valence-electron chi connectivity index (χ0n) is 13.4. The van der Waals surface area contributed by atoms with Crippen molar-refractivity contribution in [3.05, 3.63) is 30.3 Å². The maximum Gasteiger partial charge on any atom is 0.119 e. The molecule has 1 heterocycles. The van der Waals surface area contributed by atoms with Crippen molar-refractivity contribution in [2.45, 2.75) is 39.2 Å². The van der Waals surface area contributed by atoms with E-state index < -0.39 is 0 Å². The highest BCUT2D eigenvalue weighted by atomic mass is 16.5. The van der Waals surface area contributed by atoms with E-state index in [2.05, 4.69) is 11.8 Å². The van der Waals surface area contributed by atoms with Crippen molar-refractivity contribution in [3.63, 3.8) is 0 Å². The highest BCUT2D eigenvalue weighted by Crippen LogP contribution is 2.24. The summed E-state index contributed by atoms with van der Waals surface area (Å²) in [6, 6.07) is 10.00. The van der Waals surface area contributed by atoms with Crippen molar-refractivity contribution in [2.24, 2.45) is 0 Å². The summed E-state index contributed by atoms with van der Waals surface area (Å²) in [5.41, 5.74) is 0.0801. The SMILES string of the molecule is CC.COC1(C)CCN(CCOc2ccccc2)CC1. The molecule has 0 saturated carbocycles. The number of likely N-dealkylation sites (tertiary alicyclic amines) is 1. The van der Waals surface area contributed by atoms with Crippen molar-refractivity contribution in [1.29, 1.82) is 0 Å². The Kier molecular flexibility index (Phi) is 7.63. The van der Waals surface area contributed by atoms with Gasteiger partial charge in [-0.1, -0.05) is 32.0 Å². The van der Waals surface area contributed by atoms with E-state index in [0.29, 0.717) is 0 Å². The third-order valence-electron chi connectivity index (χ3n) is 3.83. The van der Waals surface area contributed by atoms with Gasteiger partial charge in [0.15, 0.2) is 0 Å². The van der Waals surface area contributed by atoms with Crippen LogP contribution in [0.15, 0.2) is 30.3 Å². The molecule has 0 radical (unpaired) electrons. The third kappa shape index (κ3) is 5.51. The number of benzene rings is 1. The second-order valence-electron chi connectivity index (χ2n) is 5.16. The summed E-state index contributed by atoms with van der Waals surface area (Å²) in [6.45, 7) is 10.2. The molecule has 1 aromatic carbocycles. The number of nitrogens with zero attached hydrogens (tertiary/aromatic N) is 1. The van der Waals surface area contributed by atoms with E-state index >= 15 is 0 Å². The van der Waals surface area contributed by atoms with E-state index in [-0.39, 0.29) is 5.60 Å². The summed E-state index contributed by atoms with van der Waals surface area (Å²) in [7, 11) is 1.81. The molecule has 0 bridgehead atoms. The van der Waals surface area contributed by atoms with Crippen LogP contribution in [0.4, 0.5) is 0 Å². The lowest BCUT2D eigenvalue weighted by Crippen LogP contribution is -2.44. The minimum absolute atomic E-state index is 0.0801. The summed E-state index contributed by atoms with van der Waals surface area (Å²) >= 11 is 0. The molecule has 1 aliphatic heterocycles. The number of hydrogen-bond acceptors (Lipinski definition) is 3. The van der Waals surface area contributed by atoms with Crippen molar-refractivity contribution >= 4 is 0 Å². The van der Waals surface area contributed by atoms with E-state index in [1.807, 2.05) is 51.3 Å². The summed E-state index contributed by atoms with van der Waals surface area (Å²) in [5, 5.41) is 0. The first-order valence-electron chi connectivity index (χ1n) is 7.67. The second-order valence-corrected chi connectivity index (χ2v) is 5.16. The molecule has 0 amide bonds. The normalized spacial score (nSPS) is 18.0. The number of rotatable bonds is 5. The van der Waals surface area contributed by atoms with Crippen LogP contribution in [0.2, 0.25) is 0 Å². The summed E-state index contributed by atoms with van der Waals surface area (Å²) in [5.74, 6) is 0.955. The molecule has 1 aliphatic rings. The molecular formula is C17H29NO2. The Hall–Kier alpha value is -1.06. The topological polar surface area (TPSA) is 21.7 Å². The van der Waals surface area contributed by atoms with Crippen LogP contribution in [-0.4, -0.2) is 43.9 Å². The van der Waals surface area contributed by atoms with Gasteiger partial charge in [0, 0.05) is 26.7 Å². The summed E-state index contributed by atoms with van der Waals surface area (Å²) in [6.07, 6.45) is 2.21. The molecule has 0 unspecified atom stereocenters. The molecule has 0 atom stereocenters. The van der Waals surface area contributed by atoms with Gasteiger partial charge in [-0.25, -0.2) is 0 Å². The fourth-order valence-corrected chi connectivity index (χ4v) is 2.26. The quantitative estimate of drug-likeness (QED) is 0.822. The van der Waals surface area contributed by atoms with E-state index in [4.69, 9.17) is 9.47 Å². The first-order valence-corrected chi connectivity index (χ1v) is 7.67. The smallest absolute Gasteiger partial charge is 0.119 e. The molecule has 0 aliphatic carbocycles. The molecule has 2 rings (SSSR count). The Morgan fingerprint density at radius 3 is 2.25 bits per heavy atom. The number of hydrogen-bond donors (Lipinski definition) is 0. The largest absolute Gasteiger partial charge is 0.492 e. The van der Waals surface area contributed by atoms with Crippen LogP contribution in [0.5, 0.6) is 5.75 Å². The van der Waals surface area contributed by atoms with Crippen molar-refractivity contribution in [1.82, 2.24) is 4.90 Å². The second kappa shape index (κ2) is 8.98. The average Bonchev–Trinajstić information content (AvgIpc) is 2.52.